The molecule has 0 aromatic heterocycles. The topological polar surface area (TPSA) is 131 Å². The number of nitro groups is 1. The van der Waals surface area contributed by atoms with Crippen LogP contribution in [0.15, 0.2) is 60.7 Å². The van der Waals surface area contributed by atoms with Crippen molar-refractivity contribution in [3.63, 3.8) is 0 Å². The van der Waals surface area contributed by atoms with E-state index >= 15 is 0 Å². The summed E-state index contributed by atoms with van der Waals surface area (Å²) < 4.78 is 6.41. The molecule has 9 nitrogen and oxygen atoms in total. The van der Waals surface area contributed by atoms with Crippen LogP contribution in [0.4, 0.5) is 0 Å². The summed E-state index contributed by atoms with van der Waals surface area (Å²) in [6.45, 7) is 4.71. The lowest BCUT2D eigenvalue weighted by molar-refractivity contribution is -0.535. The van der Waals surface area contributed by atoms with Gasteiger partial charge in [-0.05, 0) is 29.9 Å². The number of hydrogen-bond acceptors (Lipinski definition) is 6. The van der Waals surface area contributed by atoms with Crippen LogP contribution < -0.4 is 10.6 Å². The molecular weight excluding hydrogens is 486 g/mol. The lowest BCUT2D eigenvalue weighted by Crippen LogP contribution is -2.51. The first kappa shape index (κ1) is 29.3. The number of nitrogens with zero attached hydrogens (tertiary/aromatic N) is 1. The van der Waals surface area contributed by atoms with E-state index in [0.29, 0.717) is 32.4 Å². The van der Waals surface area contributed by atoms with Gasteiger partial charge >= 0.3 is 5.97 Å². The van der Waals surface area contributed by atoms with Gasteiger partial charge in [0.25, 0.3) is 0 Å². The SMILES string of the molecule is CC[C@H](C)C(OCc1ccccc1)[C@H]1[C@H]([N+](=O)[O-])[C@H](c2ccccc2)N[C@@H]1C(=O)NCCCCCC(=O)O. The first-order chi connectivity index (χ1) is 18.3. The molecule has 1 aliphatic rings. The fourth-order valence-corrected chi connectivity index (χ4v) is 5.23. The summed E-state index contributed by atoms with van der Waals surface area (Å²) >= 11 is 0. The van der Waals surface area contributed by atoms with Gasteiger partial charge < -0.3 is 15.2 Å². The molecule has 0 bridgehead atoms. The number of rotatable bonds is 15. The third-order valence-corrected chi connectivity index (χ3v) is 7.40. The number of ether oxygens (including phenoxy) is 1. The van der Waals surface area contributed by atoms with E-state index in [0.717, 1.165) is 17.5 Å². The lowest BCUT2D eigenvalue weighted by atomic mass is 9.80. The summed E-state index contributed by atoms with van der Waals surface area (Å²) in [5.74, 6) is -1.85. The maximum absolute atomic E-state index is 13.5. The van der Waals surface area contributed by atoms with Gasteiger partial charge in [-0.25, -0.2) is 0 Å². The Morgan fingerprint density at radius 3 is 2.34 bits per heavy atom. The largest absolute Gasteiger partial charge is 0.481 e. The molecule has 3 N–H and O–H groups in total. The van der Waals surface area contributed by atoms with Gasteiger partial charge in [0.2, 0.25) is 11.9 Å². The van der Waals surface area contributed by atoms with E-state index in [1.807, 2.05) is 74.5 Å². The third kappa shape index (κ3) is 7.85. The molecule has 1 fully saturated rings. The quantitative estimate of drug-likeness (QED) is 0.179. The first-order valence-corrected chi connectivity index (χ1v) is 13.4. The van der Waals surface area contributed by atoms with Crippen LogP contribution in [0.5, 0.6) is 0 Å². The van der Waals surface area contributed by atoms with Gasteiger partial charge in [-0.2, -0.15) is 0 Å². The molecule has 0 saturated carbocycles. The standard InChI is InChI=1S/C29H39N3O6/c1-3-20(2)28(38-19-21-13-7-4-8-14-21)24-26(29(35)30-18-12-6-11-17-23(33)34)31-25(27(24)32(36)37)22-15-9-5-10-16-22/h4-5,7-10,13-16,20,24-28,31H,3,6,11-12,17-19H2,1-2H3,(H,30,35)(H,33,34)/t20-,24+,25-,26-,27-,28?/m0/s1. The second kappa shape index (κ2) is 14.6. The number of carbonyl (C=O) groups excluding carboxylic acids is 1. The highest BCUT2D eigenvalue weighted by Crippen LogP contribution is 2.39. The Morgan fingerprint density at radius 1 is 1.08 bits per heavy atom. The molecule has 3 rings (SSSR count). The van der Waals surface area contributed by atoms with E-state index in [4.69, 9.17) is 9.84 Å². The van der Waals surface area contributed by atoms with Crippen molar-refractivity contribution in [3.05, 3.63) is 81.9 Å². The van der Waals surface area contributed by atoms with Crippen molar-refractivity contribution in [3.8, 4) is 0 Å². The highest BCUT2D eigenvalue weighted by atomic mass is 16.6. The molecular formula is C29H39N3O6. The van der Waals surface area contributed by atoms with Crippen LogP contribution in [0.25, 0.3) is 0 Å². The minimum atomic E-state index is -1.06. The van der Waals surface area contributed by atoms with E-state index in [1.165, 1.54) is 0 Å². The molecule has 1 aliphatic heterocycles. The van der Waals surface area contributed by atoms with Crippen LogP contribution >= 0.6 is 0 Å². The molecule has 2 aromatic carbocycles. The fourth-order valence-electron chi connectivity index (χ4n) is 5.23. The number of nitrogens with one attached hydrogen (secondary N) is 2. The number of amides is 1. The maximum Gasteiger partial charge on any atom is 0.303 e. The molecule has 1 unspecified atom stereocenters. The maximum atomic E-state index is 13.5. The Bertz CT molecular complexity index is 1040. The number of aliphatic carboxylic acids is 1. The number of hydrogen-bond donors (Lipinski definition) is 3. The Hall–Kier alpha value is -3.30. The summed E-state index contributed by atoms with van der Waals surface area (Å²) in [5.41, 5.74) is 1.72. The first-order valence-electron chi connectivity index (χ1n) is 13.4. The molecule has 1 amide bonds. The molecule has 0 aliphatic carbocycles. The Balaban J connectivity index is 1.85. The third-order valence-electron chi connectivity index (χ3n) is 7.40. The summed E-state index contributed by atoms with van der Waals surface area (Å²) in [7, 11) is 0. The summed E-state index contributed by atoms with van der Waals surface area (Å²) in [5, 5.41) is 27.6. The van der Waals surface area contributed by atoms with Crippen molar-refractivity contribution in [1.82, 2.24) is 10.6 Å². The molecule has 2 aromatic rings. The van der Waals surface area contributed by atoms with Gasteiger partial charge in [-0.15, -0.1) is 0 Å². The molecule has 9 heteroatoms. The second-order valence-electron chi connectivity index (χ2n) is 10.0. The summed E-state index contributed by atoms with van der Waals surface area (Å²) in [6.07, 6.45) is 2.17. The number of unbranched alkanes of at least 4 members (excludes halogenated alkanes) is 2. The van der Waals surface area contributed by atoms with Crippen molar-refractivity contribution in [2.75, 3.05) is 6.54 Å². The number of benzene rings is 2. The molecule has 0 radical (unpaired) electrons. The monoisotopic (exact) mass is 525 g/mol. The van der Waals surface area contributed by atoms with Crippen molar-refractivity contribution in [1.29, 1.82) is 0 Å². The van der Waals surface area contributed by atoms with Crippen LogP contribution in [0.2, 0.25) is 0 Å². The summed E-state index contributed by atoms with van der Waals surface area (Å²) in [6, 6.07) is 16.4. The number of carbonyl (C=O) groups is 2. The average molecular weight is 526 g/mol. The smallest absolute Gasteiger partial charge is 0.303 e. The Morgan fingerprint density at radius 2 is 1.74 bits per heavy atom. The predicted octanol–water partition coefficient (Wildman–Crippen LogP) is 4.35. The van der Waals surface area contributed by atoms with Gasteiger partial charge in [-0.3, -0.25) is 25.0 Å². The van der Waals surface area contributed by atoms with E-state index in [2.05, 4.69) is 10.6 Å². The van der Waals surface area contributed by atoms with Gasteiger partial charge in [-0.1, -0.05) is 87.4 Å². The minimum Gasteiger partial charge on any atom is -0.481 e. The Labute approximate surface area is 224 Å². The van der Waals surface area contributed by atoms with Gasteiger partial charge in [0.15, 0.2) is 0 Å². The number of carboxylic acid groups (broad SMARTS) is 1. The van der Waals surface area contributed by atoms with Gasteiger partial charge in [0.1, 0.15) is 6.04 Å². The predicted molar refractivity (Wildman–Crippen MR) is 144 cm³/mol. The van der Waals surface area contributed by atoms with Crippen LogP contribution in [0, 0.1) is 22.0 Å². The van der Waals surface area contributed by atoms with Crippen LogP contribution in [-0.2, 0) is 20.9 Å². The highest BCUT2D eigenvalue weighted by molar-refractivity contribution is 5.83. The molecule has 206 valence electrons. The van der Waals surface area contributed by atoms with Crippen LogP contribution in [-0.4, -0.2) is 46.6 Å². The zero-order chi connectivity index (χ0) is 27.5. The Kier molecular flexibility index (Phi) is 11.2. The zero-order valence-corrected chi connectivity index (χ0v) is 22.1. The van der Waals surface area contributed by atoms with Crippen molar-refractivity contribution in [2.45, 2.75) is 76.8 Å². The molecule has 1 saturated heterocycles. The summed E-state index contributed by atoms with van der Waals surface area (Å²) in [4.78, 5) is 36.5. The molecule has 0 spiro atoms. The minimum absolute atomic E-state index is 0.0196. The number of carboxylic acids is 1. The molecule has 6 atom stereocenters. The highest BCUT2D eigenvalue weighted by Gasteiger charge is 2.57. The van der Waals surface area contributed by atoms with Gasteiger partial charge in [0.05, 0.1) is 24.7 Å². The van der Waals surface area contributed by atoms with E-state index < -0.39 is 36.1 Å². The van der Waals surface area contributed by atoms with Crippen molar-refractivity contribution in [2.24, 2.45) is 11.8 Å². The average Bonchev–Trinajstić information content (AvgIpc) is 3.32. The van der Waals surface area contributed by atoms with E-state index in [-0.39, 0.29) is 23.2 Å². The van der Waals surface area contributed by atoms with Gasteiger partial charge in [0, 0.05) is 17.9 Å². The van der Waals surface area contributed by atoms with Crippen molar-refractivity contribution < 1.29 is 24.4 Å². The van der Waals surface area contributed by atoms with Crippen LogP contribution in [0.1, 0.15) is 63.1 Å². The second-order valence-corrected chi connectivity index (χ2v) is 10.0. The lowest BCUT2D eigenvalue weighted by Gasteiger charge is -2.32. The normalized spacial score (nSPS) is 22.5. The van der Waals surface area contributed by atoms with E-state index in [1.54, 1.807) is 0 Å². The fraction of sp³-hybridized carbons (Fsp3) is 0.517. The molecule has 38 heavy (non-hydrogen) atoms. The zero-order valence-electron chi connectivity index (χ0n) is 22.1. The van der Waals surface area contributed by atoms with E-state index in [9.17, 15) is 19.7 Å². The molecule has 1 heterocycles. The van der Waals surface area contributed by atoms with Crippen molar-refractivity contribution >= 4 is 11.9 Å². The van der Waals surface area contributed by atoms with Crippen LogP contribution in [0.3, 0.4) is 0 Å².